The van der Waals surface area contributed by atoms with E-state index in [1.807, 2.05) is 29.2 Å². The van der Waals surface area contributed by atoms with Crippen molar-refractivity contribution in [2.24, 2.45) is 5.41 Å². The van der Waals surface area contributed by atoms with Crippen LogP contribution in [-0.4, -0.2) is 77.1 Å². The van der Waals surface area contributed by atoms with E-state index in [0.29, 0.717) is 50.5 Å². The molecule has 0 atom stereocenters. The van der Waals surface area contributed by atoms with Crippen molar-refractivity contribution in [3.05, 3.63) is 58.4 Å². The van der Waals surface area contributed by atoms with E-state index in [1.165, 1.54) is 6.26 Å². The standard InChI is InChI=1S/C28H33ClN4O5S/c1-39(37,38)10-4-9-32-21(12-18-11-19(29)7-8-24(18)32)15-33-25-6-3-2-5-23(25)28(26(33)35)16-31(17-28)27(36)30-20-13-22(34)14-20/h5-8,11-12,20,22,34H,2-4,9-10,13-17H2,1H3,(H,30,36)/t20-,22+. The largest absolute Gasteiger partial charge is 0.393 e. The second-order valence-electron chi connectivity index (χ2n) is 11.4. The number of aryl methyl sites for hydroxylation is 1. The highest BCUT2D eigenvalue weighted by Gasteiger charge is 2.61. The summed E-state index contributed by atoms with van der Waals surface area (Å²) >= 11 is 6.26. The lowest BCUT2D eigenvalue weighted by molar-refractivity contribution is -0.140. The van der Waals surface area contributed by atoms with Crippen molar-refractivity contribution >= 4 is 44.3 Å². The fourth-order valence-corrected chi connectivity index (χ4v) is 7.20. The molecule has 3 fully saturated rings. The van der Waals surface area contributed by atoms with Crippen molar-refractivity contribution in [2.75, 3.05) is 25.1 Å². The Labute approximate surface area is 233 Å². The number of urea groups is 1. The zero-order chi connectivity index (χ0) is 27.5. The van der Waals surface area contributed by atoms with E-state index in [4.69, 9.17) is 11.6 Å². The molecule has 4 aliphatic rings. The summed E-state index contributed by atoms with van der Waals surface area (Å²) in [6.07, 6.45) is 8.47. The highest BCUT2D eigenvalue weighted by atomic mass is 35.5. The smallest absolute Gasteiger partial charge is 0.317 e. The number of allylic oxidation sites excluding steroid dienone is 3. The van der Waals surface area contributed by atoms with Crippen LogP contribution in [0.2, 0.25) is 5.02 Å². The molecule has 208 valence electrons. The normalized spacial score (nSPS) is 23.8. The van der Waals surface area contributed by atoms with E-state index in [1.54, 1.807) is 4.90 Å². The molecule has 0 unspecified atom stereocenters. The zero-order valence-electron chi connectivity index (χ0n) is 21.9. The summed E-state index contributed by atoms with van der Waals surface area (Å²) < 4.78 is 25.6. The van der Waals surface area contributed by atoms with E-state index in [2.05, 4.69) is 22.0 Å². The number of benzene rings is 1. The number of hydrogen-bond donors (Lipinski definition) is 2. The maximum absolute atomic E-state index is 14.1. The van der Waals surface area contributed by atoms with Gasteiger partial charge in [-0.1, -0.05) is 23.8 Å². The number of aromatic nitrogens is 1. The number of rotatable bonds is 7. The fourth-order valence-electron chi connectivity index (χ4n) is 6.37. The fraction of sp³-hybridized carbons (Fsp3) is 0.500. The van der Waals surface area contributed by atoms with Gasteiger partial charge in [0.15, 0.2) is 0 Å². The molecule has 2 aliphatic carbocycles. The van der Waals surface area contributed by atoms with Crippen LogP contribution in [0.3, 0.4) is 0 Å². The van der Waals surface area contributed by atoms with Crippen LogP contribution in [0.25, 0.3) is 10.9 Å². The van der Waals surface area contributed by atoms with Crippen LogP contribution >= 0.6 is 11.6 Å². The van der Waals surface area contributed by atoms with Gasteiger partial charge in [-0.25, -0.2) is 13.2 Å². The number of halogens is 1. The molecule has 2 N–H and O–H groups in total. The van der Waals surface area contributed by atoms with Gasteiger partial charge in [0.25, 0.3) is 0 Å². The van der Waals surface area contributed by atoms with Gasteiger partial charge in [-0.15, -0.1) is 0 Å². The molecular formula is C28H33ClN4O5S. The van der Waals surface area contributed by atoms with Gasteiger partial charge in [-0.05, 0) is 61.9 Å². The Kier molecular flexibility index (Phi) is 6.55. The SMILES string of the molecule is CS(=O)(=O)CCCn1c(CN2C(=O)C3(CN(C(=O)N[C@H]4C[C@@H](O)C4)C3)C3=CCCC=C32)cc2cc(Cl)ccc21. The number of sulfone groups is 1. The molecule has 3 amide bonds. The molecule has 3 heterocycles. The van der Waals surface area contributed by atoms with E-state index < -0.39 is 15.3 Å². The summed E-state index contributed by atoms with van der Waals surface area (Å²) in [4.78, 5) is 30.3. The Balaban J connectivity index is 1.25. The molecule has 1 spiro atoms. The number of aliphatic hydroxyl groups is 1. The Morgan fingerprint density at radius 3 is 2.64 bits per heavy atom. The first-order valence-corrected chi connectivity index (χ1v) is 15.9. The number of hydrogen-bond acceptors (Lipinski definition) is 5. The molecule has 39 heavy (non-hydrogen) atoms. The zero-order valence-corrected chi connectivity index (χ0v) is 23.5. The average Bonchev–Trinajstić information content (AvgIpc) is 3.28. The molecule has 6 rings (SSSR count). The highest BCUT2D eigenvalue weighted by molar-refractivity contribution is 7.90. The second-order valence-corrected chi connectivity index (χ2v) is 14.1. The van der Waals surface area contributed by atoms with E-state index >= 15 is 0 Å². The Bertz CT molecular complexity index is 1520. The van der Waals surface area contributed by atoms with Crippen LogP contribution in [0.4, 0.5) is 4.79 Å². The molecule has 2 aliphatic heterocycles. The number of carbonyl (C=O) groups is 2. The molecule has 1 aromatic heterocycles. The summed E-state index contributed by atoms with van der Waals surface area (Å²) in [6.45, 7) is 1.52. The van der Waals surface area contributed by atoms with Gasteiger partial charge in [0.05, 0.1) is 18.4 Å². The van der Waals surface area contributed by atoms with Crippen LogP contribution in [0, 0.1) is 5.41 Å². The maximum Gasteiger partial charge on any atom is 0.317 e. The minimum absolute atomic E-state index is 0.00371. The average molecular weight is 573 g/mol. The van der Waals surface area contributed by atoms with Gasteiger partial charge in [-0.3, -0.25) is 4.79 Å². The summed E-state index contributed by atoms with van der Waals surface area (Å²) in [5, 5.41) is 14.0. The summed E-state index contributed by atoms with van der Waals surface area (Å²) in [7, 11) is -3.09. The monoisotopic (exact) mass is 572 g/mol. The molecule has 0 radical (unpaired) electrons. The summed E-state index contributed by atoms with van der Waals surface area (Å²) in [5.74, 6) is 0.0808. The molecular weight excluding hydrogens is 540 g/mol. The maximum atomic E-state index is 14.1. The first-order chi connectivity index (χ1) is 18.5. The predicted octanol–water partition coefficient (Wildman–Crippen LogP) is 3.21. The molecule has 2 saturated heterocycles. The number of fused-ring (bicyclic) bond motifs is 3. The number of likely N-dealkylation sites (tertiary alicyclic amines) is 2. The van der Waals surface area contributed by atoms with Gasteiger partial charge >= 0.3 is 6.03 Å². The van der Waals surface area contributed by atoms with Gasteiger partial charge in [-0.2, -0.15) is 0 Å². The van der Waals surface area contributed by atoms with Gasteiger partial charge in [0.2, 0.25) is 5.91 Å². The summed E-state index contributed by atoms with van der Waals surface area (Å²) in [5.41, 5.74) is 3.04. The third-order valence-electron chi connectivity index (χ3n) is 8.41. The first kappa shape index (κ1) is 26.4. The molecule has 2 aromatic rings. The molecule has 9 nitrogen and oxygen atoms in total. The topological polar surface area (TPSA) is 112 Å². The van der Waals surface area contributed by atoms with Crippen molar-refractivity contribution < 1.29 is 23.1 Å². The van der Waals surface area contributed by atoms with E-state index in [0.717, 1.165) is 40.7 Å². The van der Waals surface area contributed by atoms with Crippen molar-refractivity contribution in [3.8, 4) is 0 Å². The van der Waals surface area contributed by atoms with Crippen molar-refractivity contribution in [3.63, 3.8) is 0 Å². The highest BCUT2D eigenvalue weighted by Crippen LogP contribution is 2.51. The molecule has 0 bridgehead atoms. The van der Waals surface area contributed by atoms with Gasteiger partial charge < -0.3 is 24.8 Å². The van der Waals surface area contributed by atoms with Gasteiger partial charge in [0, 0.05) is 59.2 Å². The molecule has 1 aromatic carbocycles. The predicted molar refractivity (Wildman–Crippen MR) is 149 cm³/mol. The quantitative estimate of drug-likeness (QED) is 0.529. The van der Waals surface area contributed by atoms with Crippen LogP contribution in [0.15, 0.2) is 47.7 Å². The Morgan fingerprint density at radius 2 is 1.92 bits per heavy atom. The van der Waals surface area contributed by atoms with Crippen LogP contribution in [-0.2, 0) is 27.7 Å². The Hall–Kier alpha value is -2.82. The number of aliphatic hydroxyl groups excluding tert-OH is 1. The lowest BCUT2D eigenvalue weighted by Crippen LogP contribution is -2.65. The first-order valence-electron chi connectivity index (χ1n) is 13.5. The minimum atomic E-state index is -3.09. The van der Waals surface area contributed by atoms with Crippen LogP contribution < -0.4 is 5.32 Å². The minimum Gasteiger partial charge on any atom is -0.393 e. The van der Waals surface area contributed by atoms with Crippen molar-refractivity contribution in [2.45, 2.75) is 57.3 Å². The van der Waals surface area contributed by atoms with E-state index in [-0.39, 0.29) is 29.8 Å². The second kappa shape index (κ2) is 9.67. The van der Waals surface area contributed by atoms with Gasteiger partial charge in [0.1, 0.15) is 15.3 Å². The summed E-state index contributed by atoms with van der Waals surface area (Å²) in [6, 6.07) is 7.47. The van der Waals surface area contributed by atoms with Crippen molar-refractivity contribution in [1.29, 1.82) is 0 Å². The number of amides is 3. The Morgan fingerprint density at radius 1 is 1.18 bits per heavy atom. The molecule has 1 saturated carbocycles. The van der Waals surface area contributed by atoms with Crippen LogP contribution in [0.1, 0.15) is 37.8 Å². The number of nitrogens with one attached hydrogen (secondary N) is 1. The third kappa shape index (κ3) is 4.76. The lowest BCUT2D eigenvalue weighted by atomic mass is 9.73. The number of nitrogens with zero attached hydrogens (tertiary/aromatic N) is 3. The number of carbonyl (C=O) groups excluding carboxylic acids is 2. The molecule has 11 heteroatoms. The lowest BCUT2D eigenvalue weighted by Gasteiger charge is -2.47. The van der Waals surface area contributed by atoms with E-state index in [9.17, 15) is 23.1 Å². The third-order valence-corrected chi connectivity index (χ3v) is 9.67. The van der Waals surface area contributed by atoms with Crippen LogP contribution in [0.5, 0.6) is 0 Å². The van der Waals surface area contributed by atoms with Crippen molar-refractivity contribution in [1.82, 2.24) is 19.7 Å².